The van der Waals surface area contributed by atoms with E-state index < -0.39 is 12.0 Å². The molecule has 1 aromatic carbocycles. The molecule has 0 aliphatic heterocycles. The van der Waals surface area contributed by atoms with Gasteiger partial charge in [-0.15, -0.1) is 0 Å². The standard InChI is InChI=1S/C12H13N3O2/c1-10(16)17-9-12(14-15-13)8-7-11-5-3-2-4-6-11/h2-8,12H,9H2,1H3/b8-7+/t12-/m1/s1. The van der Waals surface area contributed by atoms with Gasteiger partial charge in [-0.05, 0) is 11.1 Å². The summed E-state index contributed by atoms with van der Waals surface area (Å²) in [6.45, 7) is 1.37. The number of azide groups is 1. The molecule has 0 N–H and O–H groups in total. The Morgan fingerprint density at radius 1 is 1.53 bits per heavy atom. The van der Waals surface area contributed by atoms with Crippen molar-refractivity contribution in [1.82, 2.24) is 0 Å². The fourth-order valence-electron chi connectivity index (χ4n) is 1.18. The van der Waals surface area contributed by atoms with Gasteiger partial charge in [0.1, 0.15) is 6.61 Å². The molecule has 0 amide bonds. The lowest BCUT2D eigenvalue weighted by Crippen LogP contribution is -2.12. The Morgan fingerprint density at radius 2 is 2.24 bits per heavy atom. The predicted molar refractivity (Wildman–Crippen MR) is 65.0 cm³/mol. The molecule has 0 saturated heterocycles. The SMILES string of the molecule is CC(=O)OC[C@@H](/C=C/c1ccccc1)N=[N+]=[N-]. The van der Waals surface area contributed by atoms with Crippen molar-refractivity contribution in [3.05, 3.63) is 52.4 Å². The van der Waals surface area contributed by atoms with E-state index in [2.05, 4.69) is 10.0 Å². The van der Waals surface area contributed by atoms with Crippen LogP contribution in [0.5, 0.6) is 0 Å². The molecule has 5 nitrogen and oxygen atoms in total. The van der Waals surface area contributed by atoms with Gasteiger partial charge in [-0.2, -0.15) is 0 Å². The van der Waals surface area contributed by atoms with Crippen LogP contribution in [0.2, 0.25) is 0 Å². The van der Waals surface area contributed by atoms with Crippen molar-refractivity contribution in [1.29, 1.82) is 0 Å². The van der Waals surface area contributed by atoms with Crippen molar-refractivity contribution in [2.75, 3.05) is 6.61 Å². The molecule has 88 valence electrons. The zero-order chi connectivity index (χ0) is 12.5. The van der Waals surface area contributed by atoms with Crippen LogP contribution >= 0.6 is 0 Å². The highest BCUT2D eigenvalue weighted by atomic mass is 16.5. The van der Waals surface area contributed by atoms with Gasteiger partial charge in [0, 0.05) is 11.8 Å². The largest absolute Gasteiger partial charge is 0.465 e. The second kappa shape index (κ2) is 7.09. The highest BCUT2D eigenvalue weighted by Crippen LogP contribution is 2.04. The third kappa shape index (κ3) is 5.39. The van der Waals surface area contributed by atoms with Gasteiger partial charge in [0.15, 0.2) is 0 Å². The number of rotatable bonds is 5. The summed E-state index contributed by atoms with van der Waals surface area (Å²) < 4.78 is 4.79. The summed E-state index contributed by atoms with van der Waals surface area (Å²) in [6, 6.07) is 9.11. The molecule has 1 aromatic rings. The molecule has 17 heavy (non-hydrogen) atoms. The van der Waals surface area contributed by atoms with Crippen molar-refractivity contribution in [3.8, 4) is 0 Å². The molecule has 0 spiro atoms. The lowest BCUT2D eigenvalue weighted by atomic mass is 10.2. The molecule has 0 aromatic heterocycles. The van der Waals surface area contributed by atoms with Crippen LogP contribution in [0.25, 0.3) is 16.5 Å². The zero-order valence-electron chi connectivity index (χ0n) is 9.48. The van der Waals surface area contributed by atoms with Crippen LogP contribution in [0, 0.1) is 0 Å². The molecule has 0 aliphatic rings. The summed E-state index contributed by atoms with van der Waals surface area (Å²) in [5, 5.41) is 3.53. The minimum atomic E-state index is -0.482. The van der Waals surface area contributed by atoms with Gasteiger partial charge in [0.05, 0.1) is 6.04 Å². The molecular weight excluding hydrogens is 218 g/mol. The van der Waals surface area contributed by atoms with Crippen molar-refractivity contribution in [3.63, 3.8) is 0 Å². The second-order valence-corrected chi connectivity index (χ2v) is 3.34. The van der Waals surface area contributed by atoms with Crippen LogP contribution in [0.3, 0.4) is 0 Å². The topological polar surface area (TPSA) is 75.1 Å². The Kier molecular flexibility index (Phi) is 5.34. The van der Waals surface area contributed by atoms with Crippen LogP contribution in [0.1, 0.15) is 12.5 Å². The molecule has 0 fully saturated rings. The second-order valence-electron chi connectivity index (χ2n) is 3.34. The van der Waals surface area contributed by atoms with E-state index in [0.29, 0.717) is 0 Å². The van der Waals surface area contributed by atoms with E-state index in [-0.39, 0.29) is 6.61 Å². The van der Waals surface area contributed by atoms with Gasteiger partial charge < -0.3 is 4.74 Å². The molecule has 0 radical (unpaired) electrons. The first-order valence-electron chi connectivity index (χ1n) is 5.13. The Hall–Kier alpha value is -2.26. The van der Waals surface area contributed by atoms with Crippen LogP contribution in [0.15, 0.2) is 41.5 Å². The van der Waals surface area contributed by atoms with E-state index in [1.807, 2.05) is 36.4 Å². The fraction of sp³-hybridized carbons (Fsp3) is 0.250. The summed E-state index contributed by atoms with van der Waals surface area (Å²) in [4.78, 5) is 13.4. The lowest BCUT2D eigenvalue weighted by Gasteiger charge is -2.05. The summed E-state index contributed by atoms with van der Waals surface area (Å²) >= 11 is 0. The maximum atomic E-state index is 10.6. The predicted octanol–water partition coefficient (Wildman–Crippen LogP) is 2.94. The summed E-state index contributed by atoms with van der Waals surface area (Å²) in [5.74, 6) is -0.392. The highest BCUT2D eigenvalue weighted by Gasteiger charge is 2.03. The minimum absolute atomic E-state index is 0.0583. The molecule has 1 rings (SSSR count). The first-order chi connectivity index (χ1) is 8.22. The Morgan fingerprint density at radius 3 is 2.82 bits per heavy atom. The molecule has 0 aliphatic carbocycles. The Bertz CT molecular complexity index is 436. The van der Waals surface area contributed by atoms with Gasteiger partial charge in [-0.1, -0.05) is 47.6 Å². The normalized spacial score (nSPS) is 11.8. The van der Waals surface area contributed by atoms with Gasteiger partial charge in [-0.25, -0.2) is 0 Å². The number of benzene rings is 1. The molecule has 0 heterocycles. The zero-order valence-corrected chi connectivity index (χ0v) is 9.48. The van der Waals surface area contributed by atoms with E-state index in [9.17, 15) is 4.79 Å². The fourth-order valence-corrected chi connectivity index (χ4v) is 1.18. The van der Waals surface area contributed by atoms with Crippen LogP contribution in [-0.4, -0.2) is 18.6 Å². The van der Waals surface area contributed by atoms with Crippen molar-refractivity contribution in [2.45, 2.75) is 13.0 Å². The maximum absolute atomic E-state index is 10.6. The van der Waals surface area contributed by atoms with E-state index in [4.69, 9.17) is 10.3 Å². The lowest BCUT2D eigenvalue weighted by molar-refractivity contribution is -0.141. The van der Waals surface area contributed by atoms with E-state index in [1.54, 1.807) is 6.08 Å². The average molecular weight is 231 g/mol. The number of carbonyl (C=O) groups excluding carboxylic acids is 1. The molecule has 5 heteroatoms. The van der Waals surface area contributed by atoms with E-state index in [0.717, 1.165) is 5.56 Å². The summed E-state index contributed by atoms with van der Waals surface area (Å²) in [6.07, 6.45) is 3.53. The van der Waals surface area contributed by atoms with Gasteiger partial charge in [0.2, 0.25) is 0 Å². The molecule has 1 atom stereocenters. The quantitative estimate of drug-likeness (QED) is 0.338. The van der Waals surface area contributed by atoms with Crippen LogP contribution in [0.4, 0.5) is 0 Å². The van der Waals surface area contributed by atoms with Gasteiger partial charge in [0.25, 0.3) is 0 Å². The van der Waals surface area contributed by atoms with Crippen molar-refractivity contribution in [2.24, 2.45) is 5.11 Å². The smallest absolute Gasteiger partial charge is 0.302 e. The molecular formula is C12H13N3O2. The van der Waals surface area contributed by atoms with Crippen LogP contribution < -0.4 is 0 Å². The van der Waals surface area contributed by atoms with Crippen LogP contribution in [-0.2, 0) is 9.53 Å². The number of esters is 1. The first-order valence-corrected chi connectivity index (χ1v) is 5.13. The van der Waals surface area contributed by atoms with Gasteiger partial charge >= 0.3 is 5.97 Å². The maximum Gasteiger partial charge on any atom is 0.302 e. The van der Waals surface area contributed by atoms with E-state index in [1.165, 1.54) is 6.92 Å². The number of hydrogen-bond acceptors (Lipinski definition) is 3. The molecule has 0 bridgehead atoms. The van der Waals surface area contributed by atoms with E-state index >= 15 is 0 Å². The number of hydrogen-bond donors (Lipinski definition) is 0. The van der Waals surface area contributed by atoms with Crippen molar-refractivity contribution < 1.29 is 9.53 Å². The first kappa shape index (κ1) is 12.8. The minimum Gasteiger partial charge on any atom is -0.465 e. The Labute approximate surface area is 99.3 Å². The summed E-state index contributed by atoms with van der Waals surface area (Å²) in [5.41, 5.74) is 9.38. The number of nitrogens with zero attached hydrogens (tertiary/aromatic N) is 3. The third-order valence-corrected chi connectivity index (χ3v) is 1.97. The highest BCUT2D eigenvalue weighted by molar-refractivity contribution is 5.66. The third-order valence-electron chi connectivity index (χ3n) is 1.97. The van der Waals surface area contributed by atoms with Gasteiger partial charge in [-0.3, -0.25) is 4.79 Å². The average Bonchev–Trinajstić information content (AvgIpc) is 2.34. The Balaban J connectivity index is 2.63. The monoisotopic (exact) mass is 231 g/mol. The molecule has 0 unspecified atom stereocenters. The molecule has 0 saturated carbocycles. The summed E-state index contributed by atoms with van der Waals surface area (Å²) in [7, 11) is 0. The number of carbonyl (C=O) groups is 1. The van der Waals surface area contributed by atoms with Crippen molar-refractivity contribution >= 4 is 12.0 Å². The number of ether oxygens (including phenoxy) is 1.